The zero-order chi connectivity index (χ0) is 14.9. The van der Waals surface area contributed by atoms with Crippen molar-refractivity contribution in [1.29, 1.82) is 0 Å². The Morgan fingerprint density at radius 1 is 1.40 bits per heavy atom. The normalized spacial score (nSPS) is 24.6. The number of piperazine rings is 1. The first-order valence-corrected chi connectivity index (χ1v) is 7.90. The summed E-state index contributed by atoms with van der Waals surface area (Å²) in [5.74, 6) is -0.643. The van der Waals surface area contributed by atoms with E-state index >= 15 is 0 Å². The summed E-state index contributed by atoms with van der Waals surface area (Å²) in [6, 6.07) is 3.52. The lowest BCUT2D eigenvalue weighted by Crippen LogP contribution is -2.57. The Hall–Kier alpha value is -1.18. The van der Waals surface area contributed by atoms with E-state index in [2.05, 4.69) is 5.32 Å². The van der Waals surface area contributed by atoms with Gasteiger partial charge in [-0.05, 0) is 26.0 Å². The monoisotopic (exact) mass is 302 g/mol. The van der Waals surface area contributed by atoms with Gasteiger partial charge < -0.3 is 10.1 Å². The van der Waals surface area contributed by atoms with E-state index < -0.39 is 15.8 Å². The predicted molar refractivity (Wildman–Crippen MR) is 73.8 cm³/mol. The van der Waals surface area contributed by atoms with Crippen LogP contribution in [0.25, 0.3) is 0 Å². The quantitative estimate of drug-likeness (QED) is 0.911. The zero-order valence-electron chi connectivity index (χ0n) is 11.8. The van der Waals surface area contributed by atoms with Crippen LogP contribution in [0, 0.1) is 5.82 Å². The van der Waals surface area contributed by atoms with E-state index in [1.807, 2.05) is 13.8 Å². The summed E-state index contributed by atoms with van der Waals surface area (Å²) in [7, 11) is -2.34. The van der Waals surface area contributed by atoms with Crippen LogP contribution >= 0.6 is 0 Å². The molecule has 112 valence electrons. The van der Waals surface area contributed by atoms with Gasteiger partial charge in [0.05, 0.1) is 12.0 Å². The van der Waals surface area contributed by atoms with Crippen molar-refractivity contribution in [3.05, 3.63) is 24.0 Å². The fourth-order valence-corrected chi connectivity index (χ4v) is 4.02. The summed E-state index contributed by atoms with van der Waals surface area (Å²) in [4.78, 5) is 0.0525. The molecule has 1 aromatic carbocycles. The molecule has 0 aromatic heterocycles. The van der Waals surface area contributed by atoms with E-state index in [4.69, 9.17) is 4.74 Å². The van der Waals surface area contributed by atoms with Gasteiger partial charge in [-0.3, -0.25) is 0 Å². The first-order chi connectivity index (χ1) is 9.37. The van der Waals surface area contributed by atoms with Gasteiger partial charge >= 0.3 is 0 Å². The molecular formula is C13H19FN2O3S. The number of ether oxygens (including phenoxy) is 1. The third-order valence-corrected chi connectivity index (χ3v) is 5.69. The standard InChI is InChI=1S/C13H19FN2O3S/c1-9-10(2)16(7-6-15-9)20(17,18)11-4-5-12(14)13(8-11)19-3/h4-5,8-10,15H,6-7H2,1-3H3. The fourth-order valence-electron chi connectivity index (χ4n) is 2.30. The highest BCUT2D eigenvalue weighted by atomic mass is 32.2. The predicted octanol–water partition coefficient (Wildman–Crippen LogP) is 1.21. The molecule has 0 aliphatic carbocycles. The smallest absolute Gasteiger partial charge is 0.243 e. The SMILES string of the molecule is COc1cc(S(=O)(=O)N2CCNC(C)C2C)ccc1F. The molecule has 0 amide bonds. The van der Waals surface area contributed by atoms with Crippen molar-refractivity contribution in [3.8, 4) is 5.75 Å². The van der Waals surface area contributed by atoms with Crippen LogP contribution in [0.5, 0.6) is 5.75 Å². The summed E-state index contributed by atoms with van der Waals surface area (Å²) >= 11 is 0. The summed E-state index contributed by atoms with van der Waals surface area (Å²) in [5, 5.41) is 3.23. The number of sulfonamides is 1. The van der Waals surface area contributed by atoms with Crippen molar-refractivity contribution >= 4 is 10.0 Å². The Kier molecular flexibility index (Phi) is 4.31. The van der Waals surface area contributed by atoms with Gasteiger partial charge in [-0.25, -0.2) is 12.8 Å². The molecule has 5 nitrogen and oxygen atoms in total. The minimum Gasteiger partial charge on any atom is -0.494 e. The summed E-state index contributed by atoms with van der Waals surface area (Å²) in [6.45, 7) is 4.79. The number of rotatable bonds is 3. The maximum Gasteiger partial charge on any atom is 0.243 e. The van der Waals surface area contributed by atoms with Gasteiger partial charge in [0.15, 0.2) is 11.6 Å². The molecule has 0 spiro atoms. The molecule has 1 heterocycles. The van der Waals surface area contributed by atoms with Crippen molar-refractivity contribution in [1.82, 2.24) is 9.62 Å². The van der Waals surface area contributed by atoms with Crippen LogP contribution in [0.1, 0.15) is 13.8 Å². The summed E-state index contributed by atoms with van der Waals surface area (Å²) < 4.78 is 45.0. The highest BCUT2D eigenvalue weighted by molar-refractivity contribution is 7.89. The van der Waals surface area contributed by atoms with Crippen molar-refractivity contribution in [2.75, 3.05) is 20.2 Å². The lowest BCUT2D eigenvalue weighted by molar-refractivity contribution is 0.232. The minimum absolute atomic E-state index is 0.0525. The number of hydrogen-bond acceptors (Lipinski definition) is 4. The number of methoxy groups -OCH3 is 1. The maximum absolute atomic E-state index is 13.4. The van der Waals surface area contributed by atoms with Crippen LogP contribution in [0.3, 0.4) is 0 Å². The van der Waals surface area contributed by atoms with Crippen molar-refractivity contribution in [2.24, 2.45) is 0 Å². The van der Waals surface area contributed by atoms with Crippen molar-refractivity contribution < 1.29 is 17.5 Å². The zero-order valence-corrected chi connectivity index (χ0v) is 12.6. The van der Waals surface area contributed by atoms with E-state index in [-0.39, 0.29) is 22.7 Å². The Balaban J connectivity index is 2.39. The van der Waals surface area contributed by atoms with E-state index in [1.54, 1.807) is 0 Å². The molecule has 1 aliphatic rings. The molecule has 2 unspecified atom stereocenters. The van der Waals surface area contributed by atoms with E-state index in [9.17, 15) is 12.8 Å². The van der Waals surface area contributed by atoms with Gasteiger partial charge in [-0.15, -0.1) is 0 Å². The lowest BCUT2D eigenvalue weighted by Gasteiger charge is -2.37. The molecule has 7 heteroatoms. The molecule has 0 saturated carbocycles. The highest BCUT2D eigenvalue weighted by Crippen LogP contribution is 2.26. The Bertz CT molecular complexity index is 591. The molecule has 20 heavy (non-hydrogen) atoms. The summed E-state index contributed by atoms with van der Waals surface area (Å²) in [5.41, 5.74) is 0. The number of benzene rings is 1. The highest BCUT2D eigenvalue weighted by Gasteiger charge is 2.34. The second-order valence-corrected chi connectivity index (χ2v) is 6.79. The molecule has 1 aliphatic heterocycles. The second-order valence-electron chi connectivity index (χ2n) is 4.90. The van der Waals surface area contributed by atoms with E-state index in [1.165, 1.54) is 23.5 Å². The Morgan fingerprint density at radius 2 is 2.10 bits per heavy atom. The lowest BCUT2D eigenvalue weighted by atomic mass is 10.1. The number of halogens is 1. The fraction of sp³-hybridized carbons (Fsp3) is 0.538. The second kappa shape index (κ2) is 5.67. The van der Waals surface area contributed by atoms with Crippen molar-refractivity contribution in [3.63, 3.8) is 0 Å². The molecular weight excluding hydrogens is 283 g/mol. The third kappa shape index (κ3) is 2.65. The average Bonchev–Trinajstić information content (AvgIpc) is 2.42. The van der Waals surface area contributed by atoms with Crippen LogP contribution in [0.15, 0.2) is 23.1 Å². The van der Waals surface area contributed by atoms with Gasteiger partial charge in [-0.1, -0.05) is 0 Å². The van der Waals surface area contributed by atoms with Crippen LogP contribution < -0.4 is 10.1 Å². The molecule has 1 aromatic rings. The number of hydrogen-bond donors (Lipinski definition) is 1. The molecule has 2 atom stereocenters. The van der Waals surface area contributed by atoms with Crippen LogP contribution in [-0.2, 0) is 10.0 Å². The van der Waals surface area contributed by atoms with Gasteiger partial charge in [0.1, 0.15) is 0 Å². The average molecular weight is 302 g/mol. The van der Waals surface area contributed by atoms with Crippen molar-refractivity contribution in [2.45, 2.75) is 30.8 Å². The molecule has 2 rings (SSSR count). The largest absolute Gasteiger partial charge is 0.494 e. The molecule has 1 fully saturated rings. The van der Waals surface area contributed by atoms with Gasteiger partial charge in [-0.2, -0.15) is 4.31 Å². The Morgan fingerprint density at radius 3 is 2.75 bits per heavy atom. The van der Waals surface area contributed by atoms with Gasteiger partial charge in [0.2, 0.25) is 10.0 Å². The van der Waals surface area contributed by atoms with Gasteiger partial charge in [0, 0.05) is 31.2 Å². The number of nitrogens with one attached hydrogen (secondary N) is 1. The first kappa shape index (κ1) is 15.2. The first-order valence-electron chi connectivity index (χ1n) is 6.46. The van der Waals surface area contributed by atoms with Crippen LogP contribution in [0.2, 0.25) is 0 Å². The molecule has 0 radical (unpaired) electrons. The summed E-state index contributed by atoms with van der Waals surface area (Å²) in [6.07, 6.45) is 0. The Labute approximate surface area is 118 Å². The topological polar surface area (TPSA) is 58.6 Å². The van der Waals surface area contributed by atoms with Gasteiger partial charge in [0.25, 0.3) is 0 Å². The van der Waals surface area contributed by atoms with E-state index in [0.717, 1.165) is 6.07 Å². The third-order valence-electron chi connectivity index (χ3n) is 3.71. The van der Waals surface area contributed by atoms with Crippen LogP contribution in [-0.4, -0.2) is 45.0 Å². The maximum atomic E-state index is 13.4. The number of nitrogens with zero attached hydrogens (tertiary/aromatic N) is 1. The van der Waals surface area contributed by atoms with E-state index in [0.29, 0.717) is 13.1 Å². The molecule has 1 N–H and O–H groups in total. The molecule has 0 bridgehead atoms. The van der Waals surface area contributed by atoms with Crippen LogP contribution in [0.4, 0.5) is 4.39 Å². The molecule has 1 saturated heterocycles. The minimum atomic E-state index is -3.65.